The van der Waals surface area contributed by atoms with Crippen molar-refractivity contribution in [3.8, 4) is 0 Å². The molecule has 1 rings (SSSR count). The van der Waals surface area contributed by atoms with E-state index in [0.29, 0.717) is 25.7 Å². The molecule has 0 heterocycles. The van der Waals surface area contributed by atoms with E-state index < -0.39 is 48.5 Å². The fourth-order valence-electron chi connectivity index (χ4n) is 5.46. The van der Waals surface area contributed by atoms with E-state index in [1.165, 1.54) is 7.11 Å². The summed E-state index contributed by atoms with van der Waals surface area (Å²) in [5, 5.41) is 12.8. The molecule has 0 aromatic heterocycles. The number of carbonyl (C=O) groups is 5. The number of carbonyl (C=O) groups excluding carboxylic acids is 5. The SMILES string of the molecule is COP(=O)(O[C@H]1CC[C@H](C(=O)NC(CCC(=O)NC(CCC(=O)NCCOCCON)C(=O)NCCOCCON)C(=O)NCCOCCON)CC1)C(C)(C)C. The smallest absolute Gasteiger partial charge is 0.335 e. The molecule has 0 aliphatic heterocycles. The monoisotopic (exact) mass is 842 g/mol. The third-order valence-electron chi connectivity index (χ3n) is 8.70. The van der Waals surface area contributed by atoms with Gasteiger partial charge in [0.2, 0.25) is 29.5 Å². The topological polar surface area (TPSA) is 314 Å². The molecule has 22 nitrogen and oxygen atoms in total. The molecule has 0 radical (unpaired) electrons. The van der Waals surface area contributed by atoms with E-state index in [2.05, 4.69) is 41.1 Å². The van der Waals surface area contributed by atoms with Crippen molar-refractivity contribution < 1.29 is 66.3 Å². The molecule has 0 bridgehead atoms. The lowest BCUT2D eigenvalue weighted by Crippen LogP contribution is -2.51. The average Bonchev–Trinajstić information content (AvgIpc) is 3.18. The van der Waals surface area contributed by atoms with Crippen molar-refractivity contribution in [2.75, 3.05) is 86.2 Å². The molecule has 1 fully saturated rings. The number of nitrogens with one attached hydrogen (secondary N) is 5. The Hall–Kier alpha value is -2.86. The molecular formula is C34H67N8O14P. The quantitative estimate of drug-likeness (QED) is 0.0224. The number of amides is 5. The first-order valence-electron chi connectivity index (χ1n) is 19.2. The maximum absolute atomic E-state index is 13.5. The highest BCUT2D eigenvalue weighted by Crippen LogP contribution is 2.60. The Morgan fingerprint density at radius 3 is 1.51 bits per heavy atom. The largest absolute Gasteiger partial charge is 0.377 e. The molecule has 0 spiro atoms. The summed E-state index contributed by atoms with van der Waals surface area (Å²) < 4.78 is 40.4. The van der Waals surface area contributed by atoms with Gasteiger partial charge < -0.3 is 64.4 Å². The second kappa shape index (κ2) is 30.2. The van der Waals surface area contributed by atoms with Crippen molar-refractivity contribution in [2.45, 2.75) is 95.5 Å². The maximum atomic E-state index is 13.5. The second-order valence-electron chi connectivity index (χ2n) is 14.1. The molecule has 23 heteroatoms. The molecule has 1 aliphatic carbocycles. The Kier molecular flexibility index (Phi) is 27.7. The third-order valence-corrected chi connectivity index (χ3v) is 11.4. The number of ether oxygens (including phenoxy) is 3. The summed E-state index contributed by atoms with van der Waals surface area (Å²) in [6.45, 7) is 7.47. The number of nitrogens with two attached hydrogens (primary N) is 3. The molecule has 57 heavy (non-hydrogen) atoms. The summed E-state index contributed by atoms with van der Waals surface area (Å²) in [6.07, 6.45) is 0.907. The standard InChI is InChI=1S/C34H67N8O14P/c1-34(2,3)57(48,49-4)56-26-7-5-25(6-8-26)31(45)42-28(33(47)40-15-18-52-21-24-55-37)10-12-30(44)41-27(32(46)39-14-17-51-20-23-54-36)9-11-29(43)38-13-16-50-19-22-53-35/h25-28H,5-24,35-37H2,1-4H3,(H,38,43)(H,39,46)(H,40,47)(H,41,44)(H,42,45)/t25-,26-,27?,28?,57?. The number of rotatable bonds is 32. The molecule has 0 aromatic carbocycles. The van der Waals surface area contributed by atoms with Gasteiger partial charge in [-0.2, -0.15) is 0 Å². The molecule has 5 amide bonds. The van der Waals surface area contributed by atoms with Gasteiger partial charge >= 0.3 is 7.60 Å². The van der Waals surface area contributed by atoms with Crippen molar-refractivity contribution in [2.24, 2.45) is 23.6 Å². The van der Waals surface area contributed by atoms with Crippen LogP contribution in [0.25, 0.3) is 0 Å². The van der Waals surface area contributed by atoms with Gasteiger partial charge in [0.1, 0.15) is 12.1 Å². The normalized spacial score (nSPS) is 17.8. The highest BCUT2D eigenvalue weighted by Gasteiger charge is 2.42. The minimum Gasteiger partial charge on any atom is -0.377 e. The van der Waals surface area contributed by atoms with Crippen molar-refractivity contribution in [3.63, 3.8) is 0 Å². The van der Waals surface area contributed by atoms with Gasteiger partial charge in [-0.1, -0.05) is 0 Å². The Labute approximate surface area is 335 Å². The van der Waals surface area contributed by atoms with E-state index in [1.54, 1.807) is 20.8 Å². The summed E-state index contributed by atoms with van der Waals surface area (Å²) in [4.78, 5) is 78.9. The molecule has 0 aromatic rings. The first-order valence-corrected chi connectivity index (χ1v) is 20.7. The first-order chi connectivity index (χ1) is 27.2. The van der Waals surface area contributed by atoms with Crippen LogP contribution in [-0.2, 0) is 66.3 Å². The Morgan fingerprint density at radius 1 is 0.632 bits per heavy atom. The summed E-state index contributed by atoms with van der Waals surface area (Å²) in [5.41, 5.74) is 0. The summed E-state index contributed by atoms with van der Waals surface area (Å²) in [5.74, 6) is 12.1. The Bertz CT molecular complexity index is 1220. The van der Waals surface area contributed by atoms with E-state index in [9.17, 15) is 28.5 Å². The van der Waals surface area contributed by atoms with Crippen molar-refractivity contribution in [1.29, 1.82) is 0 Å². The van der Waals surface area contributed by atoms with Crippen LogP contribution in [0.2, 0.25) is 0 Å². The minimum absolute atomic E-state index is 0.0367. The first kappa shape index (κ1) is 52.2. The van der Waals surface area contributed by atoms with Crippen molar-refractivity contribution in [3.05, 3.63) is 0 Å². The molecular weight excluding hydrogens is 775 g/mol. The molecule has 3 atom stereocenters. The van der Waals surface area contributed by atoms with E-state index >= 15 is 0 Å². The molecule has 3 unspecified atom stereocenters. The molecule has 0 saturated heterocycles. The van der Waals surface area contributed by atoms with Gasteiger partial charge in [0, 0.05) is 45.5 Å². The lowest BCUT2D eigenvalue weighted by molar-refractivity contribution is -0.133. The van der Waals surface area contributed by atoms with Crippen molar-refractivity contribution in [1.82, 2.24) is 26.6 Å². The van der Waals surface area contributed by atoms with Gasteiger partial charge in [-0.05, 0) is 59.3 Å². The van der Waals surface area contributed by atoms with Crippen LogP contribution < -0.4 is 44.3 Å². The molecule has 1 saturated carbocycles. The zero-order valence-electron chi connectivity index (χ0n) is 33.8. The highest BCUT2D eigenvalue weighted by molar-refractivity contribution is 7.55. The zero-order chi connectivity index (χ0) is 42.5. The Morgan fingerprint density at radius 2 is 1.07 bits per heavy atom. The van der Waals surface area contributed by atoms with Gasteiger partial charge in [-0.15, -0.1) is 0 Å². The van der Waals surface area contributed by atoms with Gasteiger partial charge in [0.25, 0.3) is 0 Å². The number of hydrogen-bond donors (Lipinski definition) is 8. The minimum atomic E-state index is -3.40. The lowest BCUT2D eigenvalue weighted by Gasteiger charge is -2.35. The summed E-state index contributed by atoms with van der Waals surface area (Å²) in [7, 11) is -2.05. The predicted molar refractivity (Wildman–Crippen MR) is 205 cm³/mol. The van der Waals surface area contributed by atoms with Crippen molar-refractivity contribution >= 4 is 37.1 Å². The third kappa shape index (κ3) is 22.8. The maximum Gasteiger partial charge on any atom is 0.335 e. The molecule has 1 aliphatic rings. The fourth-order valence-corrected chi connectivity index (χ4v) is 7.02. The highest BCUT2D eigenvalue weighted by atomic mass is 31.2. The second-order valence-corrected chi connectivity index (χ2v) is 17.0. The van der Waals surface area contributed by atoms with Crippen LogP contribution in [0.1, 0.15) is 72.1 Å². The number of hydrogen-bond acceptors (Lipinski definition) is 17. The van der Waals surface area contributed by atoms with Gasteiger partial charge in [0.15, 0.2) is 0 Å². The lowest BCUT2D eigenvalue weighted by atomic mass is 9.86. The van der Waals surface area contributed by atoms with E-state index in [1.807, 2.05) is 0 Å². The van der Waals surface area contributed by atoms with Gasteiger partial charge in [0.05, 0.1) is 70.7 Å². The average molecular weight is 843 g/mol. The van der Waals surface area contributed by atoms with Crippen LogP contribution in [0, 0.1) is 5.92 Å². The van der Waals surface area contributed by atoms with Crippen LogP contribution in [0.5, 0.6) is 0 Å². The van der Waals surface area contributed by atoms with Crippen LogP contribution in [0.3, 0.4) is 0 Å². The molecule has 332 valence electrons. The van der Waals surface area contributed by atoms with Crippen LogP contribution in [0.4, 0.5) is 0 Å². The predicted octanol–water partition coefficient (Wildman–Crippen LogP) is -1.20. The van der Waals surface area contributed by atoms with E-state index in [4.69, 9.17) is 40.9 Å². The van der Waals surface area contributed by atoms with Crippen LogP contribution in [-0.4, -0.2) is 139 Å². The fraction of sp³-hybridized carbons (Fsp3) is 0.853. The van der Waals surface area contributed by atoms with E-state index in [-0.39, 0.29) is 123 Å². The summed E-state index contributed by atoms with van der Waals surface area (Å²) >= 11 is 0. The summed E-state index contributed by atoms with van der Waals surface area (Å²) in [6, 6.07) is -2.21. The Balaban J connectivity index is 2.91. The van der Waals surface area contributed by atoms with Gasteiger partial charge in [-0.25, -0.2) is 17.7 Å². The van der Waals surface area contributed by atoms with Crippen LogP contribution >= 0.6 is 7.60 Å². The zero-order valence-corrected chi connectivity index (χ0v) is 34.7. The van der Waals surface area contributed by atoms with Gasteiger partial charge in [-0.3, -0.25) is 28.5 Å². The van der Waals surface area contributed by atoms with E-state index in [0.717, 1.165) is 0 Å². The van der Waals surface area contributed by atoms with Crippen LogP contribution in [0.15, 0.2) is 0 Å². The molecule has 11 N–H and O–H groups in total.